The van der Waals surface area contributed by atoms with Gasteiger partial charge in [-0.15, -0.1) is 0 Å². The van der Waals surface area contributed by atoms with E-state index in [9.17, 15) is 0 Å². The minimum absolute atomic E-state index is 0.335. The van der Waals surface area contributed by atoms with Gasteiger partial charge in [-0.2, -0.15) is 0 Å². The number of hydrogen-bond donors (Lipinski definition) is 2. The Labute approximate surface area is 182 Å². The molecule has 1 aliphatic heterocycles. The molecule has 0 bridgehead atoms. The van der Waals surface area contributed by atoms with Gasteiger partial charge in [-0.25, -0.2) is 9.98 Å². The first-order chi connectivity index (χ1) is 14.6. The third kappa shape index (κ3) is 6.98. The summed E-state index contributed by atoms with van der Waals surface area (Å²) in [7, 11) is 0. The first-order valence-corrected chi connectivity index (χ1v) is 11.9. The van der Waals surface area contributed by atoms with Gasteiger partial charge < -0.3 is 19.9 Å². The zero-order valence-corrected chi connectivity index (χ0v) is 19.3. The summed E-state index contributed by atoms with van der Waals surface area (Å²) < 4.78 is 7.78. The summed E-state index contributed by atoms with van der Waals surface area (Å²) in [5.41, 5.74) is 0.335. The molecule has 1 saturated heterocycles. The second-order valence-electron chi connectivity index (χ2n) is 9.39. The number of rotatable bonds is 9. The Balaban J connectivity index is 1.62. The molecule has 3 rings (SSSR count). The Morgan fingerprint density at radius 3 is 2.67 bits per heavy atom. The predicted molar refractivity (Wildman–Crippen MR) is 123 cm³/mol. The van der Waals surface area contributed by atoms with Crippen LogP contribution in [0.15, 0.2) is 17.4 Å². The van der Waals surface area contributed by atoms with Crippen molar-refractivity contribution in [2.75, 3.05) is 45.9 Å². The quantitative estimate of drug-likeness (QED) is 0.477. The predicted octanol–water partition coefficient (Wildman–Crippen LogP) is 2.88. The maximum absolute atomic E-state index is 5.56. The molecular formula is C23H42N6O. The highest BCUT2D eigenvalue weighted by atomic mass is 16.5. The van der Waals surface area contributed by atoms with Gasteiger partial charge in [0.2, 0.25) is 0 Å². The molecule has 2 fully saturated rings. The number of aliphatic imine (C=N–C) groups is 1. The molecule has 0 atom stereocenters. The van der Waals surface area contributed by atoms with Gasteiger partial charge in [0.05, 0.1) is 13.2 Å². The summed E-state index contributed by atoms with van der Waals surface area (Å²) in [5.74, 6) is 2.53. The molecule has 1 aromatic heterocycles. The molecule has 1 aromatic rings. The van der Waals surface area contributed by atoms with Crippen LogP contribution in [0.3, 0.4) is 0 Å². The van der Waals surface area contributed by atoms with Gasteiger partial charge in [-0.05, 0) is 25.7 Å². The van der Waals surface area contributed by atoms with Crippen LogP contribution < -0.4 is 10.6 Å². The molecule has 7 heteroatoms. The Bertz CT molecular complexity index is 644. The molecule has 170 valence electrons. The zero-order chi connectivity index (χ0) is 21.2. The smallest absolute Gasteiger partial charge is 0.191 e. The summed E-state index contributed by atoms with van der Waals surface area (Å²) in [6, 6.07) is 0. The maximum atomic E-state index is 5.56. The highest BCUT2D eigenvalue weighted by Crippen LogP contribution is 2.36. The van der Waals surface area contributed by atoms with Gasteiger partial charge in [0.15, 0.2) is 5.96 Å². The summed E-state index contributed by atoms with van der Waals surface area (Å²) in [6.07, 6.45) is 10.6. The van der Waals surface area contributed by atoms with Crippen LogP contribution in [0.1, 0.15) is 58.7 Å². The number of imidazole rings is 1. The lowest BCUT2D eigenvalue weighted by Crippen LogP contribution is -2.51. The zero-order valence-electron chi connectivity index (χ0n) is 19.3. The lowest BCUT2D eigenvalue weighted by molar-refractivity contribution is 0.00820. The van der Waals surface area contributed by atoms with Crippen molar-refractivity contribution < 1.29 is 4.74 Å². The van der Waals surface area contributed by atoms with Gasteiger partial charge in [-0.3, -0.25) is 4.90 Å². The molecule has 0 aromatic carbocycles. The van der Waals surface area contributed by atoms with Crippen molar-refractivity contribution in [3.63, 3.8) is 0 Å². The fourth-order valence-electron chi connectivity index (χ4n) is 4.74. The van der Waals surface area contributed by atoms with Crippen molar-refractivity contribution >= 4 is 5.96 Å². The molecule has 0 amide bonds. The van der Waals surface area contributed by atoms with Crippen molar-refractivity contribution in [3.05, 3.63) is 18.2 Å². The lowest BCUT2D eigenvalue weighted by Gasteiger charge is -2.42. The topological polar surface area (TPSA) is 66.7 Å². The average Bonchev–Trinajstić information content (AvgIpc) is 3.18. The number of nitrogens with one attached hydrogen (secondary N) is 2. The van der Waals surface area contributed by atoms with Crippen LogP contribution in [-0.4, -0.2) is 66.3 Å². The normalized spacial score (nSPS) is 20.5. The van der Waals surface area contributed by atoms with Crippen LogP contribution in [0.5, 0.6) is 0 Å². The van der Waals surface area contributed by atoms with Crippen molar-refractivity contribution in [1.82, 2.24) is 25.1 Å². The van der Waals surface area contributed by atoms with E-state index in [1.807, 2.05) is 6.20 Å². The average molecular weight is 419 g/mol. The Hall–Kier alpha value is -1.60. The van der Waals surface area contributed by atoms with Gasteiger partial charge in [0.1, 0.15) is 12.4 Å². The van der Waals surface area contributed by atoms with E-state index in [-0.39, 0.29) is 0 Å². The fraction of sp³-hybridized carbons (Fsp3) is 0.826. The summed E-state index contributed by atoms with van der Waals surface area (Å²) in [5, 5.41) is 7.12. The molecule has 1 saturated carbocycles. The number of morpholine rings is 1. The molecule has 0 radical (unpaired) electrons. The standard InChI is InChI=1S/C23H42N6O/c1-4-24-22(26-16-21-25-10-11-29(21)17-20(2)3)27-18-23(8-6-5-7-9-23)19-28-12-14-30-15-13-28/h10-11,20H,4-9,12-19H2,1-3H3,(H2,24,26,27). The lowest BCUT2D eigenvalue weighted by atomic mass is 9.73. The molecule has 1 aliphatic carbocycles. The molecule has 0 spiro atoms. The molecule has 7 nitrogen and oxygen atoms in total. The van der Waals surface area contributed by atoms with Gasteiger partial charge in [0.25, 0.3) is 0 Å². The SMILES string of the molecule is CCNC(=NCc1nccn1CC(C)C)NCC1(CN2CCOCC2)CCCCC1. The van der Waals surface area contributed by atoms with Gasteiger partial charge >= 0.3 is 0 Å². The van der Waals surface area contributed by atoms with Crippen LogP contribution in [0.4, 0.5) is 0 Å². The van der Waals surface area contributed by atoms with E-state index >= 15 is 0 Å². The second-order valence-corrected chi connectivity index (χ2v) is 9.39. The largest absolute Gasteiger partial charge is 0.379 e. The summed E-state index contributed by atoms with van der Waals surface area (Å²) >= 11 is 0. The number of guanidine groups is 1. The van der Waals surface area contributed by atoms with E-state index in [1.165, 1.54) is 38.6 Å². The summed E-state index contributed by atoms with van der Waals surface area (Å²) in [4.78, 5) is 12.0. The molecular weight excluding hydrogens is 376 g/mol. The second kappa shape index (κ2) is 11.7. The van der Waals surface area contributed by atoms with Crippen molar-refractivity contribution in [1.29, 1.82) is 0 Å². The van der Waals surface area contributed by atoms with Crippen LogP contribution in [0.25, 0.3) is 0 Å². The van der Waals surface area contributed by atoms with Crippen LogP contribution in [-0.2, 0) is 17.8 Å². The van der Waals surface area contributed by atoms with Crippen molar-refractivity contribution in [2.24, 2.45) is 16.3 Å². The molecule has 2 aliphatic rings. The van der Waals surface area contributed by atoms with Crippen LogP contribution in [0.2, 0.25) is 0 Å². The Morgan fingerprint density at radius 1 is 1.20 bits per heavy atom. The number of hydrogen-bond acceptors (Lipinski definition) is 4. The van der Waals surface area contributed by atoms with Gasteiger partial charge in [-0.1, -0.05) is 33.1 Å². The number of ether oxygens (including phenoxy) is 1. The molecule has 0 unspecified atom stereocenters. The van der Waals surface area contributed by atoms with E-state index in [0.29, 0.717) is 17.9 Å². The van der Waals surface area contributed by atoms with E-state index in [0.717, 1.165) is 57.7 Å². The fourth-order valence-corrected chi connectivity index (χ4v) is 4.74. The minimum Gasteiger partial charge on any atom is -0.379 e. The molecule has 2 N–H and O–H groups in total. The number of nitrogens with zero attached hydrogens (tertiary/aromatic N) is 4. The Kier molecular flexibility index (Phi) is 9.00. The van der Waals surface area contributed by atoms with Gasteiger partial charge in [0, 0.05) is 57.1 Å². The minimum atomic E-state index is 0.335. The van der Waals surface area contributed by atoms with E-state index in [1.54, 1.807) is 0 Å². The third-order valence-corrected chi connectivity index (χ3v) is 6.29. The van der Waals surface area contributed by atoms with E-state index in [2.05, 4.69) is 52.1 Å². The molecule has 30 heavy (non-hydrogen) atoms. The Morgan fingerprint density at radius 2 is 1.97 bits per heavy atom. The third-order valence-electron chi connectivity index (χ3n) is 6.29. The van der Waals surface area contributed by atoms with E-state index < -0.39 is 0 Å². The number of aromatic nitrogens is 2. The monoisotopic (exact) mass is 418 g/mol. The highest BCUT2D eigenvalue weighted by Gasteiger charge is 2.34. The van der Waals surface area contributed by atoms with Crippen LogP contribution in [0, 0.1) is 11.3 Å². The first-order valence-electron chi connectivity index (χ1n) is 11.9. The molecule has 2 heterocycles. The maximum Gasteiger partial charge on any atom is 0.191 e. The first kappa shape index (κ1) is 23.1. The highest BCUT2D eigenvalue weighted by molar-refractivity contribution is 5.79. The van der Waals surface area contributed by atoms with Crippen LogP contribution >= 0.6 is 0 Å². The van der Waals surface area contributed by atoms with Crippen molar-refractivity contribution in [3.8, 4) is 0 Å². The van der Waals surface area contributed by atoms with Crippen molar-refractivity contribution in [2.45, 2.75) is 66.0 Å². The van der Waals surface area contributed by atoms with E-state index in [4.69, 9.17) is 9.73 Å². The summed E-state index contributed by atoms with van der Waals surface area (Å²) in [6.45, 7) is 15.1.